The second kappa shape index (κ2) is 9.32. The number of ether oxygens (including phenoxy) is 1. The number of methoxy groups -OCH3 is 1. The molecule has 0 bridgehead atoms. The second-order valence-corrected chi connectivity index (χ2v) is 8.71. The molecular formula is C23H31N3O4. The molecule has 2 heterocycles. The van der Waals surface area contributed by atoms with Crippen LogP contribution in [-0.4, -0.2) is 47.6 Å². The van der Waals surface area contributed by atoms with E-state index in [1.165, 1.54) is 0 Å². The highest BCUT2D eigenvalue weighted by molar-refractivity contribution is 5.97. The Morgan fingerprint density at radius 1 is 1.23 bits per heavy atom. The zero-order valence-corrected chi connectivity index (χ0v) is 18.3. The summed E-state index contributed by atoms with van der Waals surface area (Å²) in [6.07, 6.45) is 1.42. The number of nitrogens with zero attached hydrogens (tertiary/aromatic N) is 2. The topological polar surface area (TPSA) is 84.7 Å². The molecular weight excluding hydrogens is 382 g/mol. The number of rotatable bonds is 7. The third-order valence-corrected chi connectivity index (χ3v) is 5.26. The highest BCUT2D eigenvalue weighted by atomic mass is 16.5. The molecule has 1 aromatic heterocycles. The van der Waals surface area contributed by atoms with Gasteiger partial charge >= 0.3 is 0 Å². The summed E-state index contributed by atoms with van der Waals surface area (Å²) >= 11 is 0. The fourth-order valence-corrected chi connectivity index (χ4v) is 3.96. The van der Waals surface area contributed by atoms with Crippen LogP contribution in [0.2, 0.25) is 0 Å². The van der Waals surface area contributed by atoms with E-state index < -0.39 is 6.04 Å². The molecule has 1 N–H and O–H groups in total. The van der Waals surface area contributed by atoms with Gasteiger partial charge in [-0.25, -0.2) is 0 Å². The number of hydrogen-bond acceptors (Lipinski definition) is 5. The van der Waals surface area contributed by atoms with E-state index in [4.69, 9.17) is 9.26 Å². The molecule has 1 saturated heterocycles. The van der Waals surface area contributed by atoms with Crippen LogP contribution >= 0.6 is 0 Å². The van der Waals surface area contributed by atoms with E-state index in [0.717, 1.165) is 12.0 Å². The molecule has 2 amide bonds. The van der Waals surface area contributed by atoms with Crippen LogP contribution in [0.15, 0.2) is 34.9 Å². The molecule has 162 valence electrons. The molecule has 0 radical (unpaired) electrons. The standard InChI is InChI=1S/C23H31N3O4/c1-14(2)10-16-13-26(19(11-15(3)4)22(27)24-16)23(28)18-12-21(30-25-18)17-8-6-7-9-20(17)29-5/h6-9,12,14-16,19H,10-11,13H2,1-5H3,(H,24,27). The van der Waals surface area contributed by atoms with E-state index in [1.807, 2.05) is 38.1 Å². The Bertz CT molecular complexity index is 890. The van der Waals surface area contributed by atoms with Crippen LogP contribution in [0.5, 0.6) is 5.75 Å². The van der Waals surface area contributed by atoms with E-state index in [9.17, 15) is 9.59 Å². The molecule has 2 atom stereocenters. The van der Waals surface area contributed by atoms with Crippen molar-refractivity contribution < 1.29 is 18.8 Å². The molecule has 30 heavy (non-hydrogen) atoms. The van der Waals surface area contributed by atoms with Gasteiger partial charge in [0.25, 0.3) is 5.91 Å². The van der Waals surface area contributed by atoms with Crippen molar-refractivity contribution in [3.63, 3.8) is 0 Å². The second-order valence-electron chi connectivity index (χ2n) is 8.71. The monoisotopic (exact) mass is 413 g/mol. The van der Waals surface area contributed by atoms with Crippen molar-refractivity contribution in [2.75, 3.05) is 13.7 Å². The Hall–Kier alpha value is -2.83. The van der Waals surface area contributed by atoms with Gasteiger partial charge in [0, 0.05) is 18.7 Å². The first-order valence-electron chi connectivity index (χ1n) is 10.5. The summed E-state index contributed by atoms with van der Waals surface area (Å²) in [5.74, 6) is 1.41. The lowest BCUT2D eigenvalue weighted by atomic mass is 9.94. The molecule has 0 aliphatic carbocycles. The van der Waals surface area contributed by atoms with Crippen molar-refractivity contribution in [3.05, 3.63) is 36.0 Å². The normalized spacial score (nSPS) is 19.3. The van der Waals surface area contributed by atoms with Crippen LogP contribution < -0.4 is 10.1 Å². The number of carbonyl (C=O) groups excluding carboxylic acids is 2. The zero-order valence-electron chi connectivity index (χ0n) is 18.3. The van der Waals surface area contributed by atoms with E-state index in [1.54, 1.807) is 18.1 Å². The summed E-state index contributed by atoms with van der Waals surface area (Å²) in [6, 6.07) is 8.45. The van der Waals surface area contributed by atoms with Crippen molar-refractivity contribution in [1.29, 1.82) is 0 Å². The lowest BCUT2D eigenvalue weighted by Crippen LogP contribution is -2.62. The van der Waals surface area contributed by atoms with Gasteiger partial charge in [-0.2, -0.15) is 0 Å². The fourth-order valence-electron chi connectivity index (χ4n) is 3.96. The van der Waals surface area contributed by atoms with Gasteiger partial charge in [0.15, 0.2) is 11.5 Å². The molecule has 2 aromatic rings. The molecule has 1 fully saturated rings. The zero-order chi connectivity index (χ0) is 21.8. The fraction of sp³-hybridized carbons (Fsp3) is 0.522. The van der Waals surface area contributed by atoms with Gasteiger partial charge in [-0.15, -0.1) is 0 Å². The Kier molecular flexibility index (Phi) is 6.80. The average molecular weight is 414 g/mol. The van der Waals surface area contributed by atoms with E-state index in [2.05, 4.69) is 24.3 Å². The van der Waals surface area contributed by atoms with Gasteiger partial charge in [-0.05, 0) is 36.8 Å². The molecule has 7 nitrogen and oxygen atoms in total. The molecule has 1 aromatic carbocycles. The van der Waals surface area contributed by atoms with Gasteiger partial charge in [0.05, 0.1) is 12.7 Å². The van der Waals surface area contributed by atoms with Crippen LogP contribution in [0, 0.1) is 11.8 Å². The third-order valence-electron chi connectivity index (χ3n) is 5.26. The van der Waals surface area contributed by atoms with Crippen LogP contribution in [0.4, 0.5) is 0 Å². The Labute approximate surface area is 177 Å². The van der Waals surface area contributed by atoms with Crippen LogP contribution in [0.1, 0.15) is 51.0 Å². The minimum Gasteiger partial charge on any atom is -0.496 e. The van der Waals surface area contributed by atoms with Crippen LogP contribution in [0.25, 0.3) is 11.3 Å². The van der Waals surface area contributed by atoms with Gasteiger partial charge < -0.3 is 19.5 Å². The largest absolute Gasteiger partial charge is 0.496 e. The molecule has 2 unspecified atom stereocenters. The number of hydrogen-bond donors (Lipinski definition) is 1. The SMILES string of the molecule is COc1ccccc1-c1cc(C(=O)N2CC(CC(C)C)NC(=O)C2CC(C)C)no1. The molecule has 7 heteroatoms. The Balaban J connectivity index is 1.88. The minimum atomic E-state index is -0.507. The summed E-state index contributed by atoms with van der Waals surface area (Å²) < 4.78 is 10.8. The first-order chi connectivity index (χ1) is 14.3. The van der Waals surface area contributed by atoms with Crippen LogP contribution in [-0.2, 0) is 4.79 Å². The number of carbonyl (C=O) groups is 2. The number of benzene rings is 1. The summed E-state index contributed by atoms with van der Waals surface area (Å²) in [5.41, 5.74) is 0.919. The van der Waals surface area contributed by atoms with Crippen molar-refractivity contribution in [2.45, 2.75) is 52.6 Å². The first kappa shape index (κ1) is 21.9. The highest BCUT2D eigenvalue weighted by Crippen LogP contribution is 2.30. The average Bonchev–Trinajstić information content (AvgIpc) is 3.18. The van der Waals surface area contributed by atoms with Gasteiger partial charge in [-0.3, -0.25) is 9.59 Å². The Morgan fingerprint density at radius 3 is 2.60 bits per heavy atom. The van der Waals surface area contributed by atoms with Crippen molar-refractivity contribution >= 4 is 11.8 Å². The van der Waals surface area contributed by atoms with Gasteiger partial charge in [0.1, 0.15) is 11.8 Å². The number of para-hydroxylation sites is 1. The highest BCUT2D eigenvalue weighted by Gasteiger charge is 2.39. The van der Waals surface area contributed by atoms with Crippen molar-refractivity contribution in [2.24, 2.45) is 11.8 Å². The van der Waals surface area contributed by atoms with Gasteiger partial charge in [-0.1, -0.05) is 45.0 Å². The molecule has 3 rings (SSSR count). The Morgan fingerprint density at radius 2 is 1.93 bits per heavy atom. The number of piperazine rings is 1. The predicted molar refractivity (Wildman–Crippen MR) is 114 cm³/mol. The summed E-state index contributed by atoms with van der Waals surface area (Å²) in [7, 11) is 1.58. The quantitative estimate of drug-likeness (QED) is 0.747. The van der Waals surface area contributed by atoms with Crippen molar-refractivity contribution in [3.8, 4) is 17.1 Å². The smallest absolute Gasteiger partial charge is 0.276 e. The van der Waals surface area contributed by atoms with E-state index >= 15 is 0 Å². The molecule has 0 spiro atoms. The third kappa shape index (κ3) is 4.83. The summed E-state index contributed by atoms with van der Waals surface area (Å²) in [4.78, 5) is 27.8. The maximum absolute atomic E-state index is 13.4. The number of amides is 2. The lowest BCUT2D eigenvalue weighted by Gasteiger charge is -2.40. The van der Waals surface area contributed by atoms with E-state index in [0.29, 0.717) is 30.4 Å². The predicted octanol–water partition coefficient (Wildman–Crippen LogP) is 3.75. The molecule has 1 aliphatic rings. The summed E-state index contributed by atoms with van der Waals surface area (Å²) in [5, 5.41) is 7.11. The first-order valence-corrected chi connectivity index (χ1v) is 10.5. The van der Waals surface area contributed by atoms with Crippen molar-refractivity contribution in [1.82, 2.24) is 15.4 Å². The number of aromatic nitrogens is 1. The maximum Gasteiger partial charge on any atom is 0.276 e. The minimum absolute atomic E-state index is 0.0644. The summed E-state index contributed by atoms with van der Waals surface area (Å²) in [6.45, 7) is 8.78. The number of nitrogens with one attached hydrogen (secondary N) is 1. The maximum atomic E-state index is 13.4. The molecule has 1 aliphatic heterocycles. The van der Waals surface area contributed by atoms with E-state index in [-0.39, 0.29) is 29.5 Å². The van der Waals surface area contributed by atoms with Gasteiger partial charge in [0.2, 0.25) is 5.91 Å². The lowest BCUT2D eigenvalue weighted by molar-refractivity contribution is -0.130. The van der Waals surface area contributed by atoms with Crippen LogP contribution in [0.3, 0.4) is 0 Å². The molecule has 0 saturated carbocycles.